The third-order valence-electron chi connectivity index (χ3n) is 5.89. The van der Waals surface area contributed by atoms with E-state index in [1.807, 2.05) is 24.3 Å². The average molecular weight is 515 g/mol. The summed E-state index contributed by atoms with van der Waals surface area (Å²) in [5, 5.41) is 4.00. The summed E-state index contributed by atoms with van der Waals surface area (Å²) in [5.41, 5.74) is 2.07. The molecule has 3 aromatic rings. The molecule has 0 aliphatic carbocycles. The number of anilines is 4. The van der Waals surface area contributed by atoms with Crippen LogP contribution in [0.4, 0.5) is 27.9 Å². The Bertz CT molecular complexity index is 1170. The van der Waals surface area contributed by atoms with Crippen molar-refractivity contribution in [3.8, 4) is 5.75 Å². The molecular formula is C25H28Cl2N6O2. The number of carbonyl (C=O) groups is 1. The fourth-order valence-electron chi connectivity index (χ4n) is 3.89. The molecule has 0 saturated carbocycles. The lowest BCUT2D eigenvalue weighted by molar-refractivity contribution is 0.223. The maximum absolute atomic E-state index is 13.1. The van der Waals surface area contributed by atoms with Gasteiger partial charge in [0.1, 0.15) is 18.2 Å². The van der Waals surface area contributed by atoms with Crippen molar-refractivity contribution < 1.29 is 9.53 Å². The SMILES string of the molecule is CCN(CC)CCOc1ccc(Nc2ncc3c(n2)N(C)C(=O)N(c2c(Cl)cccc2Cl)C3)cc1. The Hall–Kier alpha value is -3.07. The van der Waals surface area contributed by atoms with Gasteiger partial charge in [-0.25, -0.2) is 9.78 Å². The maximum atomic E-state index is 13.1. The van der Waals surface area contributed by atoms with Gasteiger partial charge in [-0.05, 0) is 49.5 Å². The van der Waals surface area contributed by atoms with Gasteiger partial charge in [0.05, 0.1) is 22.3 Å². The molecule has 2 heterocycles. The Morgan fingerprint density at radius 1 is 1.09 bits per heavy atom. The van der Waals surface area contributed by atoms with Gasteiger partial charge in [-0.3, -0.25) is 9.80 Å². The highest BCUT2D eigenvalue weighted by Gasteiger charge is 2.32. The van der Waals surface area contributed by atoms with Gasteiger partial charge in [0, 0.05) is 31.0 Å². The van der Waals surface area contributed by atoms with Gasteiger partial charge < -0.3 is 15.0 Å². The molecular weight excluding hydrogens is 487 g/mol. The van der Waals surface area contributed by atoms with E-state index in [4.69, 9.17) is 27.9 Å². The first-order chi connectivity index (χ1) is 16.9. The minimum atomic E-state index is -0.275. The van der Waals surface area contributed by atoms with Gasteiger partial charge in [-0.1, -0.05) is 43.1 Å². The molecule has 10 heteroatoms. The van der Waals surface area contributed by atoms with Crippen LogP contribution in [0.1, 0.15) is 19.4 Å². The number of benzene rings is 2. The minimum Gasteiger partial charge on any atom is -0.492 e. The summed E-state index contributed by atoms with van der Waals surface area (Å²) >= 11 is 12.7. The first kappa shape index (κ1) is 25.0. The minimum absolute atomic E-state index is 0.266. The van der Waals surface area contributed by atoms with Crippen LogP contribution in [0.3, 0.4) is 0 Å². The normalized spacial score (nSPS) is 13.3. The number of halogens is 2. The number of likely N-dealkylation sites (N-methyl/N-ethyl adjacent to an activating group) is 1. The lowest BCUT2D eigenvalue weighted by atomic mass is 10.2. The van der Waals surface area contributed by atoms with Crippen molar-refractivity contribution in [3.63, 3.8) is 0 Å². The second-order valence-corrected chi connectivity index (χ2v) is 8.88. The summed E-state index contributed by atoms with van der Waals surface area (Å²) in [6.45, 7) is 8.10. The summed E-state index contributed by atoms with van der Waals surface area (Å²) in [4.78, 5) is 27.4. The fraction of sp³-hybridized carbons (Fsp3) is 0.320. The summed E-state index contributed by atoms with van der Waals surface area (Å²) in [5.74, 6) is 1.73. The lowest BCUT2D eigenvalue weighted by Gasteiger charge is -2.34. The fourth-order valence-corrected chi connectivity index (χ4v) is 4.49. The van der Waals surface area contributed by atoms with Crippen LogP contribution in [0.25, 0.3) is 0 Å². The van der Waals surface area contributed by atoms with Crippen molar-refractivity contribution in [1.82, 2.24) is 14.9 Å². The number of ether oxygens (including phenoxy) is 1. The molecule has 4 rings (SSSR count). The molecule has 0 saturated heterocycles. The Kier molecular flexibility index (Phi) is 7.95. The zero-order valence-corrected chi connectivity index (χ0v) is 21.5. The van der Waals surface area contributed by atoms with E-state index >= 15 is 0 Å². The van der Waals surface area contributed by atoms with Gasteiger partial charge in [-0.2, -0.15) is 4.98 Å². The summed E-state index contributed by atoms with van der Waals surface area (Å²) in [6, 6.07) is 12.5. The maximum Gasteiger partial charge on any atom is 0.330 e. The Morgan fingerprint density at radius 2 is 1.77 bits per heavy atom. The summed E-state index contributed by atoms with van der Waals surface area (Å²) in [7, 11) is 1.67. The van der Waals surface area contributed by atoms with Gasteiger partial charge in [-0.15, -0.1) is 0 Å². The molecule has 1 aromatic heterocycles. The average Bonchev–Trinajstić information content (AvgIpc) is 2.86. The number of aromatic nitrogens is 2. The van der Waals surface area contributed by atoms with Crippen LogP contribution in [-0.2, 0) is 6.54 Å². The van der Waals surface area contributed by atoms with Crippen LogP contribution in [0.15, 0.2) is 48.7 Å². The van der Waals surface area contributed by atoms with E-state index in [1.54, 1.807) is 31.4 Å². The molecule has 1 aliphatic heterocycles. The third kappa shape index (κ3) is 5.61. The topological polar surface area (TPSA) is 73.8 Å². The number of hydrogen-bond donors (Lipinski definition) is 1. The third-order valence-corrected chi connectivity index (χ3v) is 6.50. The number of rotatable bonds is 9. The Balaban J connectivity index is 1.45. The molecule has 8 nitrogen and oxygen atoms in total. The van der Waals surface area contributed by atoms with Crippen molar-refractivity contribution in [3.05, 3.63) is 64.3 Å². The number of nitrogens with zero attached hydrogens (tertiary/aromatic N) is 5. The number of para-hydroxylation sites is 1. The monoisotopic (exact) mass is 514 g/mol. The van der Waals surface area contributed by atoms with Gasteiger partial charge in [0.25, 0.3) is 0 Å². The molecule has 0 fully saturated rings. The molecule has 184 valence electrons. The van der Waals surface area contributed by atoms with E-state index < -0.39 is 0 Å². The molecule has 0 bridgehead atoms. The zero-order valence-electron chi connectivity index (χ0n) is 20.0. The number of amides is 2. The van der Waals surface area contributed by atoms with Gasteiger partial charge in [0.2, 0.25) is 5.95 Å². The van der Waals surface area contributed by atoms with E-state index in [0.29, 0.717) is 34.1 Å². The van der Waals surface area contributed by atoms with Crippen molar-refractivity contribution in [2.24, 2.45) is 0 Å². The molecule has 1 aliphatic rings. The van der Waals surface area contributed by atoms with E-state index in [9.17, 15) is 4.79 Å². The number of nitrogens with one attached hydrogen (secondary N) is 1. The van der Waals surface area contributed by atoms with Crippen molar-refractivity contribution >= 4 is 52.4 Å². The summed E-state index contributed by atoms with van der Waals surface area (Å²) < 4.78 is 5.84. The molecule has 0 radical (unpaired) electrons. The van der Waals surface area contributed by atoms with E-state index in [-0.39, 0.29) is 12.6 Å². The van der Waals surface area contributed by atoms with E-state index in [2.05, 4.69) is 34.0 Å². The first-order valence-corrected chi connectivity index (χ1v) is 12.2. The largest absolute Gasteiger partial charge is 0.492 e. The number of urea groups is 1. The van der Waals surface area contributed by atoms with Gasteiger partial charge in [0.15, 0.2) is 0 Å². The molecule has 35 heavy (non-hydrogen) atoms. The quantitative estimate of drug-likeness (QED) is 0.387. The van der Waals surface area contributed by atoms with Crippen LogP contribution in [0.5, 0.6) is 5.75 Å². The van der Waals surface area contributed by atoms with Gasteiger partial charge >= 0.3 is 6.03 Å². The van der Waals surface area contributed by atoms with E-state index in [1.165, 1.54) is 9.80 Å². The highest BCUT2D eigenvalue weighted by molar-refractivity contribution is 6.40. The summed E-state index contributed by atoms with van der Waals surface area (Å²) in [6.07, 6.45) is 1.70. The standard InChI is InChI=1S/C25H28Cl2N6O2/c1-4-32(5-2)13-14-35-19-11-9-18(10-12-19)29-24-28-15-17-16-33(25(34)31(3)23(17)30-24)22-20(26)7-6-8-21(22)27/h6-12,15H,4-5,13-14,16H2,1-3H3,(H,28,29,30). The number of hydrogen-bond acceptors (Lipinski definition) is 6. The molecule has 0 unspecified atom stereocenters. The predicted molar refractivity (Wildman–Crippen MR) is 141 cm³/mol. The van der Waals surface area contributed by atoms with Crippen LogP contribution >= 0.6 is 23.2 Å². The molecule has 1 N–H and O–H groups in total. The highest BCUT2D eigenvalue weighted by atomic mass is 35.5. The van der Waals surface area contributed by atoms with E-state index in [0.717, 1.165) is 36.6 Å². The molecule has 2 aromatic carbocycles. The second-order valence-electron chi connectivity index (χ2n) is 8.07. The number of carbonyl (C=O) groups excluding carboxylic acids is 1. The van der Waals surface area contributed by atoms with Crippen LogP contribution in [0.2, 0.25) is 10.0 Å². The van der Waals surface area contributed by atoms with Crippen LogP contribution in [-0.4, -0.2) is 54.2 Å². The second kappa shape index (κ2) is 11.1. The van der Waals surface area contributed by atoms with Crippen molar-refractivity contribution in [2.75, 3.05) is 48.4 Å². The zero-order chi connectivity index (χ0) is 24.9. The van der Waals surface area contributed by atoms with Crippen LogP contribution in [0, 0.1) is 0 Å². The Morgan fingerprint density at radius 3 is 2.43 bits per heavy atom. The molecule has 0 spiro atoms. The highest BCUT2D eigenvalue weighted by Crippen LogP contribution is 2.38. The van der Waals surface area contributed by atoms with Crippen LogP contribution < -0.4 is 19.9 Å². The Labute approximate surface area is 215 Å². The molecule has 2 amide bonds. The predicted octanol–water partition coefficient (Wildman–Crippen LogP) is 5.82. The lowest BCUT2D eigenvalue weighted by Crippen LogP contribution is -2.46. The van der Waals surface area contributed by atoms with Crippen molar-refractivity contribution in [1.29, 1.82) is 0 Å². The first-order valence-electron chi connectivity index (χ1n) is 11.5. The number of fused-ring (bicyclic) bond motifs is 1. The van der Waals surface area contributed by atoms with Crippen molar-refractivity contribution in [2.45, 2.75) is 20.4 Å². The smallest absolute Gasteiger partial charge is 0.330 e. The molecule has 0 atom stereocenters.